The van der Waals surface area contributed by atoms with E-state index in [1.54, 1.807) is 7.11 Å². The first-order chi connectivity index (χ1) is 9.28. The minimum Gasteiger partial charge on any atom is -0.497 e. The zero-order chi connectivity index (χ0) is 13.5. The molecule has 1 aromatic rings. The van der Waals surface area contributed by atoms with Crippen molar-refractivity contribution in [3.05, 3.63) is 24.3 Å². The molecule has 1 heterocycles. The third-order valence-electron chi connectivity index (χ3n) is 3.25. The van der Waals surface area contributed by atoms with E-state index in [0.717, 1.165) is 42.4 Å². The highest BCUT2D eigenvalue weighted by Crippen LogP contribution is 2.16. The monoisotopic (exact) mass is 283 g/mol. The number of rotatable bonds is 6. The van der Waals surface area contributed by atoms with E-state index in [2.05, 4.69) is 5.32 Å². The molecule has 2 rings (SSSR count). The lowest BCUT2D eigenvalue weighted by atomic mass is 10.1. The van der Waals surface area contributed by atoms with Crippen LogP contribution < -0.4 is 14.8 Å². The van der Waals surface area contributed by atoms with E-state index < -0.39 is 10.8 Å². The van der Waals surface area contributed by atoms with E-state index in [4.69, 9.17) is 9.47 Å². The second-order valence-electron chi connectivity index (χ2n) is 4.60. The van der Waals surface area contributed by atoms with Crippen LogP contribution in [0, 0.1) is 0 Å². The fourth-order valence-corrected chi connectivity index (χ4v) is 3.40. The summed E-state index contributed by atoms with van der Waals surface area (Å²) in [4.78, 5) is 0. The molecule has 0 amide bonds. The summed E-state index contributed by atoms with van der Waals surface area (Å²) in [5.41, 5.74) is 0. The summed E-state index contributed by atoms with van der Waals surface area (Å²) in [7, 11) is 1.07. The molecule has 1 aromatic carbocycles. The molecule has 4 nitrogen and oxygen atoms in total. The van der Waals surface area contributed by atoms with Gasteiger partial charge in [0.05, 0.1) is 7.11 Å². The summed E-state index contributed by atoms with van der Waals surface area (Å²) in [5, 5.41) is 3.45. The third kappa shape index (κ3) is 4.84. The first-order valence-electron chi connectivity index (χ1n) is 6.63. The molecule has 1 fully saturated rings. The van der Waals surface area contributed by atoms with Crippen molar-refractivity contribution in [1.82, 2.24) is 5.32 Å². The topological polar surface area (TPSA) is 47.6 Å². The number of methoxy groups -OCH3 is 1. The Balaban J connectivity index is 1.62. The van der Waals surface area contributed by atoms with Gasteiger partial charge in [-0.25, -0.2) is 0 Å². The van der Waals surface area contributed by atoms with Gasteiger partial charge in [-0.1, -0.05) is 0 Å². The molecule has 0 radical (unpaired) electrons. The molecule has 1 saturated heterocycles. The Bertz CT molecular complexity index is 398. The van der Waals surface area contributed by atoms with Gasteiger partial charge in [0.1, 0.15) is 18.1 Å². The standard InChI is InChI=1S/C14H21NO3S/c1-17-13-2-4-14(5-3-13)18-9-8-15-12-6-10-19(16)11-7-12/h2-5,12,15H,6-11H2,1H3. The first kappa shape index (κ1) is 14.3. The highest BCUT2D eigenvalue weighted by Gasteiger charge is 2.16. The van der Waals surface area contributed by atoms with Crippen molar-refractivity contribution in [2.24, 2.45) is 0 Å². The molecular formula is C14H21NO3S. The molecule has 1 N–H and O–H groups in total. The predicted molar refractivity (Wildman–Crippen MR) is 77.4 cm³/mol. The van der Waals surface area contributed by atoms with Crippen LogP contribution in [0.25, 0.3) is 0 Å². The molecule has 5 heteroatoms. The summed E-state index contributed by atoms with van der Waals surface area (Å²) < 4.78 is 22.0. The van der Waals surface area contributed by atoms with E-state index >= 15 is 0 Å². The molecule has 0 aromatic heterocycles. The molecule has 0 spiro atoms. The molecule has 19 heavy (non-hydrogen) atoms. The number of benzene rings is 1. The number of ether oxygens (including phenoxy) is 2. The van der Waals surface area contributed by atoms with Crippen LogP contribution in [0.3, 0.4) is 0 Å². The number of hydrogen-bond acceptors (Lipinski definition) is 4. The summed E-state index contributed by atoms with van der Waals surface area (Å²) >= 11 is 0. The van der Waals surface area contributed by atoms with Crippen LogP contribution in [0.5, 0.6) is 11.5 Å². The van der Waals surface area contributed by atoms with Crippen molar-refractivity contribution in [3.63, 3.8) is 0 Å². The van der Waals surface area contributed by atoms with Crippen molar-refractivity contribution in [2.75, 3.05) is 31.8 Å². The van der Waals surface area contributed by atoms with Gasteiger partial charge in [-0.15, -0.1) is 0 Å². The summed E-state index contributed by atoms with van der Waals surface area (Å²) in [6.45, 7) is 1.47. The van der Waals surface area contributed by atoms with Gasteiger partial charge in [0.15, 0.2) is 0 Å². The van der Waals surface area contributed by atoms with Crippen molar-refractivity contribution >= 4 is 10.8 Å². The van der Waals surface area contributed by atoms with Crippen LogP contribution in [-0.4, -0.2) is 42.0 Å². The first-order valence-corrected chi connectivity index (χ1v) is 8.12. The fourth-order valence-electron chi connectivity index (χ4n) is 2.10. The Morgan fingerprint density at radius 1 is 1.21 bits per heavy atom. The minimum absolute atomic E-state index is 0.497. The Morgan fingerprint density at radius 2 is 1.84 bits per heavy atom. The molecule has 0 aliphatic carbocycles. The molecule has 0 saturated carbocycles. The summed E-state index contributed by atoms with van der Waals surface area (Å²) in [6, 6.07) is 8.08. The molecular weight excluding hydrogens is 262 g/mol. The average molecular weight is 283 g/mol. The fraction of sp³-hybridized carbons (Fsp3) is 0.571. The second kappa shape index (κ2) is 7.50. The Hall–Kier alpha value is -1.07. The average Bonchev–Trinajstić information content (AvgIpc) is 2.46. The van der Waals surface area contributed by atoms with Gasteiger partial charge in [-0.3, -0.25) is 4.21 Å². The zero-order valence-electron chi connectivity index (χ0n) is 11.3. The second-order valence-corrected chi connectivity index (χ2v) is 6.30. The van der Waals surface area contributed by atoms with E-state index in [1.807, 2.05) is 24.3 Å². The van der Waals surface area contributed by atoms with E-state index in [9.17, 15) is 4.21 Å². The van der Waals surface area contributed by atoms with Crippen LogP contribution in [0.15, 0.2) is 24.3 Å². The lowest BCUT2D eigenvalue weighted by Crippen LogP contribution is -2.37. The maximum Gasteiger partial charge on any atom is 0.119 e. The normalized spacial score (nSPS) is 23.0. The van der Waals surface area contributed by atoms with Crippen molar-refractivity contribution < 1.29 is 13.7 Å². The van der Waals surface area contributed by atoms with E-state index in [0.29, 0.717) is 12.6 Å². The van der Waals surface area contributed by atoms with E-state index in [1.165, 1.54) is 0 Å². The van der Waals surface area contributed by atoms with Crippen molar-refractivity contribution in [3.8, 4) is 11.5 Å². The maximum absolute atomic E-state index is 11.2. The van der Waals surface area contributed by atoms with Gasteiger partial charge < -0.3 is 14.8 Å². The van der Waals surface area contributed by atoms with Gasteiger partial charge in [-0.2, -0.15) is 0 Å². The summed E-state index contributed by atoms with van der Waals surface area (Å²) in [6.07, 6.45) is 2.02. The molecule has 1 aliphatic heterocycles. The Kier molecular flexibility index (Phi) is 5.66. The molecule has 0 unspecified atom stereocenters. The van der Waals surface area contributed by atoms with Gasteiger partial charge in [0.25, 0.3) is 0 Å². The van der Waals surface area contributed by atoms with Gasteiger partial charge in [-0.05, 0) is 37.1 Å². The zero-order valence-corrected chi connectivity index (χ0v) is 12.1. The molecule has 1 aliphatic rings. The van der Waals surface area contributed by atoms with Crippen LogP contribution in [-0.2, 0) is 10.8 Å². The van der Waals surface area contributed by atoms with Crippen molar-refractivity contribution in [1.29, 1.82) is 0 Å². The SMILES string of the molecule is COc1ccc(OCCNC2CCS(=O)CC2)cc1. The van der Waals surface area contributed by atoms with Crippen LogP contribution in [0.2, 0.25) is 0 Å². The predicted octanol–water partition coefficient (Wildman–Crippen LogP) is 1.57. The van der Waals surface area contributed by atoms with Gasteiger partial charge >= 0.3 is 0 Å². The lowest BCUT2D eigenvalue weighted by Gasteiger charge is -2.22. The number of hydrogen-bond donors (Lipinski definition) is 1. The lowest BCUT2D eigenvalue weighted by molar-refractivity contribution is 0.301. The highest BCUT2D eigenvalue weighted by atomic mass is 32.2. The third-order valence-corrected chi connectivity index (χ3v) is 4.63. The molecule has 0 atom stereocenters. The Labute approximate surface area is 116 Å². The van der Waals surface area contributed by atoms with Crippen LogP contribution in [0.1, 0.15) is 12.8 Å². The largest absolute Gasteiger partial charge is 0.497 e. The molecule has 106 valence electrons. The van der Waals surface area contributed by atoms with Gasteiger partial charge in [0, 0.05) is 34.9 Å². The smallest absolute Gasteiger partial charge is 0.119 e. The van der Waals surface area contributed by atoms with Crippen LogP contribution >= 0.6 is 0 Å². The van der Waals surface area contributed by atoms with Crippen molar-refractivity contribution in [2.45, 2.75) is 18.9 Å². The quantitative estimate of drug-likeness (QED) is 0.805. The van der Waals surface area contributed by atoms with Gasteiger partial charge in [0.2, 0.25) is 0 Å². The Morgan fingerprint density at radius 3 is 2.47 bits per heavy atom. The number of nitrogens with one attached hydrogen (secondary N) is 1. The van der Waals surface area contributed by atoms with E-state index in [-0.39, 0.29) is 0 Å². The summed E-state index contributed by atoms with van der Waals surface area (Å²) in [5.74, 6) is 3.35. The molecule has 0 bridgehead atoms. The van der Waals surface area contributed by atoms with Crippen LogP contribution in [0.4, 0.5) is 0 Å². The highest BCUT2D eigenvalue weighted by molar-refractivity contribution is 7.85. The minimum atomic E-state index is -0.584. The maximum atomic E-state index is 11.2.